The summed E-state index contributed by atoms with van der Waals surface area (Å²) in [6, 6.07) is 7.38. The fourth-order valence-electron chi connectivity index (χ4n) is 2.59. The molecule has 0 bridgehead atoms. The number of halogens is 1. The zero-order valence-corrected chi connectivity index (χ0v) is 15.5. The molecule has 0 saturated carbocycles. The number of carbonyl (C=O) groups excluding carboxylic acids is 1. The molecule has 1 heterocycles. The average Bonchev–Trinajstić information content (AvgIpc) is 2.67. The van der Waals surface area contributed by atoms with Crippen molar-refractivity contribution in [2.45, 2.75) is 13.0 Å². The number of rotatable bonds is 6. The van der Waals surface area contributed by atoms with Gasteiger partial charge in [-0.1, -0.05) is 0 Å². The highest BCUT2D eigenvalue weighted by Gasteiger charge is 2.20. The first-order valence-electron chi connectivity index (χ1n) is 8.46. The van der Waals surface area contributed by atoms with Crippen molar-refractivity contribution in [3.8, 4) is 23.0 Å². The number of nitrogens with one attached hydrogen (secondary N) is 1. The van der Waals surface area contributed by atoms with Crippen molar-refractivity contribution in [3.05, 3.63) is 54.1 Å². The molecule has 3 N–H and O–H groups in total. The van der Waals surface area contributed by atoms with Crippen molar-refractivity contribution in [1.29, 1.82) is 0 Å². The summed E-state index contributed by atoms with van der Waals surface area (Å²) in [5.41, 5.74) is -0.297. The predicted octanol–water partition coefficient (Wildman–Crippen LogP) is 3.08. The minimum Gasteiger partial charge on any atom is -0.505 e. The second-order valence-electron chi connectivity index (χ2n) is 6.17. The van der Waals surface area contributed by atoms with Gasteiger partial charge in [0.15, 0.2) is 11.4 Å². The van der Waals surface area contributed by atoms with Crippen LogP contribution in [0.25, 0.3) is 10.8 Å². The fraction of sp³-hybridized carbons (Fsp3) is 0.150. The predicted molar refractivity (Wildman–Crippen MR) is 101 cm³/mol. The minimum absolute atomic E-state index is 0.219. The monoisotopic (exact) mass is 400 g/mol. The Labute approximate surface area is 164 Å². The highest BCUT2D eigenvalue weighted by molar-refractivity contribution is 6.02. The van der Waals surface area contributed by atoms with Gasteiger partial charge in [0, 0.05) is 35.2 Å². The van der Waals surface area contributed by atoms with Gasteiger partial charge < -0.3 is 25.0 Å². The van der Waals surface area contributed by atoms with Gasteiger partial charge in [0.25, 0.3) is 5.91 Å². The quantitative estimate of drug-likeness (QED) is 0.582. The number of benzene rings is 2. The van der Waals surface area contributed by atoms with Crippen molar-refractivity contribution in [2.75, 3.05) is 7.11 Å². The van der Waals surface area contributed by atoms with Gasteiger partial charge in [-0.25, -0.2) is 9.37 Å². The number of aliphatic carboxylic acids is 1. The maximum absolute atomic E-state index is 13.6. The lowest BCUT2D eigenvalue weighted by molar-refractivity contribution is -0.138. The van der Waals surface area contributed by atoms with E-state index < -0.39 is 29.5 Å². The van der Waals surface area contributed by atoms with Gasteiger partial charge in [0.05, 0.1) is 7.11 Å². The van der Waals surface area contributed by atoms with Gasteiger partial charge in [-0.2, -0.15) is 0 Å². The lowest BCUT2D eigenvalue weighted by Gasteiger charge is -2.12. The summed E-state index contributed by atoms with van der Waals surface area (Å²) in [5.74, 6) is -2.07. The summed E-state index contributed by atoms with van der Waals surface area (Å²) in [5, 5.41) is 22.3. The molecule has 0 aliphatic heterocycles. The Bertz CT molecular complexity index is 1100. The third-order valence-corrected chi connectivity index (χ3v) is 4.08. The molecule has 9 heteroatoms. The molecule has 29 heavy (non-hydrogen) atoms. The van der Waals surface area contributed by atoms with Crippen LogP contribution in [0.1, 0.15) is 17.4 Å². The molecule has 2 aromatic carbocycles. The van der Waals surface area contributed by atoms with Crippen LogP contribution in [0.5, 0.6) is 23.0 Å². The number of carboxylic acids is 1. The number of carboxylic acid groups (broad SMARTS) is 1. The standard InChI is InChI=1S/C20H17FN2O6/c1-10(20(26)27)23-19(25)17-18(24)16-4-3-13(5-11(16)9-22-17)29-15-7-12(21)6-14(8-15)28-2/h3-10,24H,1-2H3,(H,23,25)(H,26,27). The first-order valence-corrected chi connectivity index (χ1v) is 8.46. The Kier molecular flexibility index (Phi) is 5.49. The molecule has 150 valence electrons. The number of hydrogen-bond acceptors (Lipinski definition) is 6. The van der Waals surface area contributed by atoms with E-state index in [9.17, 15) is 19.1 Å². The van der Waals surface area contributed by atoms with Crippen LogP contribution >= 0.6 is 0 Å². The van der Waals surface area contributed by atoms with Crippen LogP contribution in [0.2, 0.25) is 0 Å². The van der Waals surface area contributed by atoms with Gasteiger partial charge in [-0.15, -0.1) is 0 Å². The highest BCUT2D eigenvalue weighted by Crippen LogP contribution is 2.32. The zero-order chi connectivity index (χ0) is 21.1. The van der Waals surface area contributed by atoms with E-state index in [-0.39, 0.29) is 11.4 Å². The number of aromatic hydroxyl groups is 1. The first-order chi connectivity index (χ1) is 13.8. The van der Waals surface area contributed by atoms with Crippen molar-refractivity contribution < 1.29 is 33.7 Å². The molecule has 0 fully saturated rings. The van der Waals surface area contributed by atoms with Crippen molar-refractivity contribution >= 4 is 22.6 Å². The van der Waals surface area contributed by atoms with E-state index in [1.165, 1.54) is 50.6 Å². The Morgan fingerprint density at radius 2 is 1.86 bits per heavy atom. The largest absolute Gasteiger partial charge is 0.505 e. The normalized spacial score (nSPS) is 11.7. The van der Waals surface area contributed by atoms with Crippen LogP contribution in [0.4, 0.5) is 4.39 Å². The number of amides is 1. The number of pyridine rings is 1. The van der Waals surface area contributed by atoms with E-state index in [0.717, 1.165) is 0 Å². The summed E-state index contributed by atoms with van der Waals surface area (Å²) < 4.78 is 24.2. The molecule has 3 rings (SSSR count). The molecule has 0 saturated heterocycles. The van der Waals surface area contributed by atoms with E-state index in [4.69, 9.17) is 14.6 Å². The molecule has 1 amide bonds. The molecule has 0 radical (unpaired) electrons. The Morgan fingerprint density at radius 1 is 1.14 bits per heavy atom. The number of aromatic nitrogens is 1. The van der Waals surface area contributed by atoms with E-state index in [0.29, 0.717) is 22.3 Å². The van der Waals surface area contributed by atoms with Gasteiger partial charge in [-0.3, -0.25) is 9.59 Å². The summed E-state index contributed by atoms with van der Waals surface area (Å²) >= 11 is 0. The van der Waals surface area contributed by atoms with Gasteiger partial charge in [0.1, 0.15) is 29.1 Å². The van der Waals surface area contributed by atoms with Crippen LogP contribution in [0, 0.1) is 5.82 Å². The molecular weight excluding hydrogens is 383 g/mol. The third-order valence-electron chi connectivity index (χ3n) is 4.08. The second-order valence-corrected chi connectivity index (χ2v) is 6.17. The number of nitrogens with zero attached hydrogens (tertiary/aromatic N) is 1. The van der Waals surface area contributed by atoms with Crippen molar-refractivity contribution in [1.82, 2.24) is 10.3 Å². The van der Waals surface area contributed by atoms with Gasteiger partial charge in [-0.05, 0) is 25.1 Å². The Hall–Kier alpha value is -3.88. The Morgan fingerprint density at radius 3 is 2.55 bits per heavy atom. The summed E-state index contributed by atoms with van der Waals surface area (Å²) in [6.07, 6.45) is 1.34. The third kappa shape index (κ3) is 4.34. The van der Waals surface area contributed by atoms with Crippen LogP contribution < -0.4 is 14.8 Å². The summed E-state index contributed by atoms with van der Waals surface area (Å²) in [4.78, 5) is 26.9. The SMILES string of the molecule is COc1cc(F)cc(Oc2ccc3c(O)c(C(=O)NC(C)C(=O)O)ncc3c2)c1. The lowest BCUT2D eigenvalue weighted by atomic mass is 10.1. The molecule has 1 aromatic heterocycles. The van der Waals surface area contributed by atoms with Crippen molar-refractivity contribution in [2.24, 2.45) is 0 Å². The topological polar surface area (TPSA) is 118 Å². The fourth-order valence-corrected chi connectivity index (χ4v) is 2.59. The van der Waals surface area contributed by atoms with Crippen molar-refractivity contribution in [3.63, 3.8) is 0 Å². The summed E-state index contributed by atoms with van der Waals surface area (Å²) in [7, 11) is 1.41. The highest BCUT2D eigenvalue weighted by atomic mass is 19.1. The number of hydrogen-bond donors (Lipinski definition) is 3. The number of methoxy groups -OCH3 is 1. The smallest absolute Gasteiger partial charge is 0.325 e. The van der Waals surface area contributed by atoms with Crippen LogP contribution in [0.15, 0.2) is 42.6 Å². The Balaban J connectivity index is 1.89. The second kappa shape index (κ2) is 8.01. The average molecular weight is 400 g/mol. The van der Waals surface area contributed by atoms with Gasteiger partial charge in [0.2, 0.25) is 0 Å². The zero-order valence-electron chi connectivity index (χ0n) is 15.5. The molecule has 3 aromatic rings. The van der Waals surface area contributed by atoms with Crippen LogP contribution in [-0.2, 0) is 4.79 Å². The van der Waals surface area contributed by atoms with E-state index in [1.807, 2.05) is 0 Å². The number of carbonyl (C=O) groups is 2. The van der Waals surface area contributed by atoms with E-state index in [1.54, 1.807) is 6.07 Å². The molecule has 1 unspecified atom stereocenters. The van der Waals surface area contributed by atoms with E-state index in [2.05, 4.69) is 10.3 Å². The number of ether oxygens (including phenoxy) is 2. The molecule has 0 aliphatic carbocycles. The molecule has 0 spiro atoms. The molecule has 8 nitrogen and oxygen atoms in total. The minimum atomic E-state index is -1.21. The molecule has 0 aliphatic rings. The number of fused-ring (bicyclic) bond motifs is 1. The van der Waals surface area contributed by atoms with Crippen LogP contribution in [-0.4, -0.2) is 40.2 Å². The molecule has 1 atom stereocenters. The van der Waals surface area contributed by atoms with Crippen LogP contribution in [0.3, 0.4) is 0 Å². The summed E-state index contributed by atoms with van der Waals surface area (Å²) in [6.45, 7) is 1.29. The first kappa shape index (κ1) is 19.9. The maximum atomic E-state index is 13.6. The lowest BCUT2D eigenvalue weighted by Crippen LogP contribution is -2.38. The maximum Gasteiger partial charge on any atom is 0.325 e. The van der Waals surface area contributed by atoms with Gasteiger partial charge >= 0.3 is 5.97 Å². The molecular formula is C20H17FN2O6. The van der Waals surface area contributed by atoms with E-state index >= 15 is 0 Å².